The Kier molecular flexibility index (Phi) is 9.88. The van der Waals surface area contributed by atoms with Crippen molar-refractivity contribution in [2.24, 2.45) is 0 Å². The van der Waals surface area contributed by atoms with Crippen LogP contribution in [0.4, 0.5) is 0 Å². The Morgan fingerprint density at radius 2 is 0.940 bits per heavy atom. The summed E-state index contributed by atoms with van der Waals surface area (Å²) in [6.45, 7) is 6.95. The average Bonchev–Trinajstić information content (AvgIpc) is 3.90. The minimum atomic E-state index is 0.855. The summed E-state index contributed by atoms with van der Waals surface area (Å²) in [5.41, 5.74) is 15.5. The van der Waals surface area contributed by atoms with Crippen molar-refractivity contribution in [2.75, 3.05) is 0 Å². The van der Waals surface area contributed by atoms with Crippen LogP contribution in [0.3, 0.4) is 0 Å². The van der Waals surface area contributed by atoms with Crippen LogP contribution in [0.15, 0.2) is 237 Å². The van der Waals surface area contributed by atoms with Crippen LogP contribution in [0.1, 0.15) is 12.5 Å². The summed E-state index contributed by atoms with van der Waals surface area (Å²) >= 11 is 0. The molecule has 0 saturated heterocycles. The second-order valence-corrected chi connectivity index (χ2v) is 17.2. The Balaban J connectivity index is 1.09. The number of hydrogen-bond acceptors (Lipinski definition) is 1. The van der Waals surface area contributed by atoms with Crippen LogP contribution >= 0.6 is 0 Å². The fourth-order valence-electron chi connectivity index (χ4n) is 9.97. The van der Waals surface area contributed by atoms with Gasteiger partial charge in [-0.05, 0) is 118 Å². The van der Waals surface area contributed by atoms with Gasteiger partial charge >= 0.3 is 0 Å². The number of nitrogens with zero attached hydrogens (tertiary/aromatic N) is 3. The van der Waals surface area contributed by atoms with Crippen molar-refractivity contribution >= 4 is 61.2 Å². The van der Waals surface area contributed by atoms with Gasteiger partial charge in [-0.15, -0.1) is 0 Å². The lowest BCUT2D eigenvalue weighted by atomic mass is 9.99. The zero-order valence-corrected chi connectivity index (χ0v) is 37.1. The van der Waals surface area contributed by atoms with E-state index in [-0.39, 0.29) is 0 Å². The largest absolute Gasteiger partial charge is 0.309 e. The number of pyridine rings is 1. The first kappa shape index (κ1) is 39.8. The highest BCUT2D eigenvalue weighted by atomic mass is 15.1. The lowest BCUT2D eigenvalue weighted by Gasteiger charge is -2.12. The van der Waals surface area contributed by atoms with Crippen LogP contribution in [-0.2, 0) is 0 Å². The van der Waals surface area contributed by atoms with Crippen molar-refractivity contribution in [1.29, 1.82) is 0 Å². The van der Waals surface area contributed by atoms with Gasteiger partial charge in [-0.25, -0.2) is 4.98 Å². The first-order valence-electron chi connectivity index (χ1n) is 22.9. The van der Waals surface area contributed by atoms with Crippen molar-refractivity contribution in [3.8, 4) is 56.1 Å². The molecular weight excluding hydrogens is 811 g/mol. The van der Waals surface area contributed by atoms with Gasteiger partial charge in [-0.2, -0.15) is 0 Å². The maximum Gasteiger partial charge on any atom is 0.138 e. The van der Waals surface area contributed by atoms with Gasteiger partial charge in [0.15, 0.2) is 0 Å². The van der Waals surface area contributed by atoms with Gasteiger partial charge in [0, 0.05) is 32.3 Å². The zero-order valence-electron chi connectivity index (χ0n) is 37.1. The Morgan fingerprint density at radius 1 is 0.418 bits per heavy atom. The van der Waals surface area contributed by atoms with Crippen LogP contribution < -0.4 is 10.6 Å². The predicted molar refractivity (Wildman–Crippen MR) is 284 cm³/mol. The molecule has 3 heteroatoms. The van der Waals surface area contributed by atoms with Crippen molar-refractivity contribution in [3.05, 3.63) is 253 Å². The van der Waals surface area contributed by atoms with E-state index in [2.05, 4.69) is 259 Å². The topological polar surface area (TPSA) is 22.8 Å². The van der Waals surface area contributed by atoms with Crippen molar-refractivity contribution < 1.29 is 0 Å². The highest BCUT2D eigenvalue weighted by Crippen LogP contribution is 2.38. The van der Waals surface area contributed by atoms with E-state index in [0.717, 1.165) is 83.1 Å². The molecular formula is C64H45N3. The van der Waals surface area contributed by atoms with Crippen molar-refractivity contribution in [1.82, 2.24) is 14.1 Å². The van der Waals surface area contributed by atoms with Gasteiger partial charge < -0.3 is 4.57 Å². The van der Waals surface area contributed by atoms with Gasteiger partial charge in [-0.1, -0.05) is 189 Å². The van der Waals surface area contributed by atoms with Crippen LogP contribution in [-0.4, -0.2) is 14.1 Å². The van der Waals surface area contributed by atoms with Crippen LogP contribution in [0.5, 0.6) is 0 Å². The molecule has 3 nitrogen and oxygen atoms in total. The molecule has 0 spiro atoms. The monoisotopic (exact) mass is 855 g/mol. The Hall–Kier alpha value is -8.79. The van der Waals surface area contributed by atoms with E-state index in [9.17, 15) is 0 Å². The minimum absolute atomic E-state index is 0.855. The van der Waals surface area contributed by atoms with E-state index in [4.69, 9.17) is 11.6 Å². The van der Waals surface area contributed by atoms with Gasteiger partial charge in [0.05, 0.1) is 33.3 Å². The van der Waals surface area contributed by atoms with E-state index in [1.54, 1.807) is 0 Å². The normalized spacial score (nSPS) is 12.2. The van der Waals surface area contributed by atoms with Gasteiger partial charge in [-0.3, -0.25) is 4.57 Å². The highest BCUT2D eigenvalue weighted by Gasteiger charge is 2.18. The van der Waals surface area contributed by atoms with E-state index < -0.39 is 0 Å². The number of benzene rings is 9. The summed E-state index contributed by atoms with van der Waals surface area (Å²) in [6.07, 6.45) is 4.50. The molecule has 316 valence electrons. The molecule has 12 aromatic rings. The van der Waals surface area contributed by atoms with Crippen LogP contribution in [0, 0.1) is 0 Å². The second-order valence-electron chi connectivity index (χ2n) is 17.2. The summed E-state index contributed by atoms with van der Waals surface area (Å²) in [5.74, 6) is 0.855. The van der Waals surface area contributed by atoms with Crippen molar-refractivity contribution in [2.45, 2.75) is 6.92 Å². The summed E-state index contributed by atoms with van der Waals surface area (Å²) < 4.78 is 4.76. The number of hydrogen-bond donors (Lipinski definition) is 0. The zero-order chi connectivity index (χ0) is 44.8. The lowest BCUT2D eigenvalue weighted by molar-refractivity contribution is 1.00. The molecule has 12 rings (SSSR count). The molecule has 0 amide bonds. The van der Waals surface area contributed by atoms with Gasteiger partial charge in [0.25, 0.3) is 0 Å². The van der Waals surface area contributed by atoms with Gasteiger partial charge in [0.1, 0.15) is 5.82 Å². The fourth-order valence-corrected chi connectivity index (χ4v) is 9.97. The molecule has 0 aliphatic heterocycles. The average molecular weight is 856 g/mol. The first-order chi connectivity index (χ1) is 33.1. The first-order valence-corrected chi connectivity index (χ1v) is 22.9. The molecule has 0 aliphatic carbocycles. The lowest BCUT2D eigenvalue weighted by Crippen LogP contribution is -2.28. The summed E-state index contributed by atoms with van der Waals surface area (Å²) in [4.78, 5) is 5.43. The minimum Gasteiger partial charge on any atom is -0.309 e. The molecule has 0 radical (unpaired) electrons. The highest BCUT2D eigenvalue weighted by molar-refractivity contribution is 6.13. The molecule has 9 aromatic carbocycles. The molecule has 0 N–H and O–H groups in total. The molecule has 0 unspecified atom stereocenters. The second kappa shape index (κ2) is 16.6. The fraction of sp³-hybridized carbons (Fsp3) is 0.0156. The van der Waals surface area contributed by atoms with Crippen LogP contribution in [0.25, 0.3) is 117 Å². The number of allylic oxidation sites excluding steroid dienone is 1. The molecule has 0 fully saturated rings. The summed E-state index contributed by atoms with van der Waals surface area (Å²) in [6, 6.07) is 82.6. The number of fused-ring (bicyclic) bond motifs is 5. The summed E-state index contributed by atoms with van der Waals surface area (Å²) in [5, 5.41) is 8.09. The van der Waals surface area contributed by atoms with Gasteiger partial charge in [0.2, 0.25) is 0 Å². The van der Waals surface area contributed by atoms with E-state index in [1.807, 2.05) is 0 Å². The molecule has 0 atom stereocenters. The third-order valence-electron chi connectivity index (χ3n) is 13.2. The SMILES string of the molecule is C=C(/C=c1\c(=C/C)n(-c2cc(-c3ccccc3)cc(-c3ccccc3)n2)c2ccc(-c3ccccc3)cc12)c1ccc2c(c1)c1cc(-c3ccccc3)ccc1n2-c1cccc2ccccc12. The molecule has 0 saturated carbocycles. The third-order valence-corrected chi connectivity index (χ3v) is 13.2. The summed E-state index contributed by atoms with van der Waals surface area (Å²) in [7, 11) is 0. The molecule has 67 heavy (non-hydrogen) atoms. The quantitative estimate of drug-likeness (QED) is 0.149. The molecule has 0 bridgehead atoms. The predicted octanol–water partition coefficient (Wildman–Crippen LogP) is 15.2. The van der Waals surface area contributed by atoms with E-state index in [0.29, 0.717) is 0 Å². The van der Waals surface area contributed by atoms with Crippen molar-refractivity contribution in [3.63, 3.8) is 0 Å². The molecule has 3 heterocycles. The van der Waals surface area contributed by atoms with E-state index >= 15 is 0 Å². The number of rotatable bonds is 8. The Labute approximate surface area is 389 Å². The third kappa shape index (κ3) is 7.06. The molecule has 3 aromatic heterocycles. The maximum atomic E-state index is 5.43. The maximum absolute atomic E-state index is 5.43. The Morgan fingerprint density at radius 3 is 1.58 bits per heavy atom. The van der Waals surface area contributed by atoms with E-state index in [1.165, 1.54) is 38.2 Å². The standard InChI is InChI=1S/C64H45N3/c1-3-59-54(56-39-51(45-21-10-5-11-22-45)33-36-63(56)67(59)64-42-52(46-23-12-6-13-24-46)41-58(65-64)48-26-14-7-15-27-48)37-43(2)49-31-34-61-55(38-49)57-40-50(44-19-8-4-9-20-44)32-35-62(57)66(61)60-30-18-28-47-25-16-17-29-53(47)60/h3-42H,2H2,1H3/b54-37-,59-3+. The van der Waals surface area contributed by atoms with Crippen LogP contribution in [0.2, 0.25) is 0 Å². The Bertz CT molecular complexity index is 3910. The smallest absolute Gasteiger partial charge is 0.138 e. The number of aromatic nitrogens is 3. The molecule has 0 aliphatic rings.